The van der Waals surface area contributed by atoms with Crippen molar-refractivity contribution in [3.8, 4) is 5.75 Å². The lowest BCUT2D eigenvalue weighted by molar-refractivity contribution is -0.170. The van der Waals surface area contributed by atoms with Crippen LogP contribution in [0.25, 0.3) is 5.57 Å². The Bertz CT molecular complexity index is 1220. The van der Waals surface area contributed by atoms with E-state index in [-0.39, 0.29) is 5.91 Å². The van der Waals surface area contributed by atoms with Crippen molar-refractivity contribution in [1.29, 1.82) is 0 Å². The Hall–Kier alpha value is -3.03. The second kappa shape index (κ2) is 11.8. The molecule has 0 aliphatic carbocycles. The van der Waals surface area contributed by atoms with Crippen molar-refractivity contribution >= 4 is 52.4 Å². The normalized spacial score (nSPS) is 14.4. The van der Waals surface area contributed by atoms with Gasteiger partial charge in [-0.1, -0.05) is 35.3 Å². The van der Waals surface area contributed by atoms with Crippen molar-refractivity contribution < 1.29 is 28.6 Å². The number of hydrogen-bond acceptors (Lipinski definition) is 6. The minimum absolute atomic E-state index is 0.390. The fourth-order valence-corrected chi connectivity index (χ4v) is 3.56. The molecule has 0 unspecified atom stereocenters. The number of esters is 1. The molecule has 0 atom stereocenters. The summed E-state index contributed by atoms with van der Waals surface area (Å²) in [6, 6.07) is 11.9. The van der Waals surface area contributed by atoms with E-state index in [1.54, 1.807) is 90.1 Å². The molecule has 2 aromatic carbocycles. The average molecular weight is 565 g/mol. The monoisotopic (exact) mass is 563 g/mol. The number of rotatable bonds is 3. The van der Waals surface area contributed by atoms with Gasteiger partial charge >= 0.3 is 12.1 Å². The first-order valence-corrected chi connectivity index (χ1v) is 12.8. The van der Waals surface area contributed by atoms with Gasteiger partial charge in [0.25, 0.3) is 5.91 Å². The van der Waals surface area contributed by atoms with Crippen LogP contribution in [0.15, 0.2) is 48.5 Å². The van der Waals surface area contributed by atoms with E-state index in [9.17, 15) is 14.4 Å². The quantitative estimate of drug-likeness (QED) is 0.279. The maximum absolute atomic E-state index is 12.3. The van der Waals surface area contributed by atoms with Crippen LogP contribution in [0.2, 0.25) is 10.0 Å². The van der Waals surface area contributed by atoms with E-state index < -0.39 is 28.9 Å². The van der Waals surface area contributed by atoms with Gasteiger partial charge in [0.15, 0.2) is 5.60 Å². The number of hydrogen-bond donors (Lipinski definition) is 0. The van der Waals surface area contributed by atoms with Crippen molar-refractivity contribution in [2.75, 3.05) is 4.90 Å². The molecular weight excluding hydrogens is 529 g/mol. The first kappa shape index (κ1) is 31.2. The molecule has 0 saturated carbocycles. The molecule has 0 saturated heterocycles. The highest BCUT2D eigenvalue weighted by atomic mass is 35.5. The van der Waals surface area contributed by atoms with Crippen LogP contribution >= 0.6 is 23.2 Å². The van der Waals surface area contributed by atoms with Gasteiger partial charge in [-0.2, -0.15) is 0 Å². The summed E-state index contributed by atoms with van der Waals surface area (Å²) < 4.78 is 16.2. The zero-order valence-corrected chi connectivity index (χ0v) is 24.8. The summed E-state index contributed by atoms with van der Waals surface area (Å²) in [6.07, 6.45) is 0.988. The summed E-state index contributed by atoms with van der Waals surface area (Å²) in [7, 11) is 0. The van der Waals surface area contributed by atoms with Crippen molar-refractivity contribution in [3.63, 3.8) is 0 Å². The molecule has 0 radical (unpaired) electrons. The van der Waals surface area contributed by atoms with E-state index >= 15 is 0 Å². The molecule has 0 bridgehead atoms. The number of nitrogens with zero attached hydrogens (tertiary/aromatic N) is 1. The van der Waals surface area contributed by atoms with Crippen LogP contribution in [-0.4, -0.2) is 34.8 Å². The van der Waals surface area contributed by atoms with Gasteiger partial charge in [-0.05, 0) is 98.7 Å². The van der Waals surface area contributed by atoms with Crippen LogP contribution in [0, 0.1) is 0 Å². The SMILES string of the molecule is C/C=C1/C(=O)N(C(=O)OC(C)(C)C)c2cc(Cl)ccc21.CC(C)(C)OC(=O)C(C)(C)Oc1ccc(Cl)cc1. The van der Waals surface area contributed by atoms with Gasteiger partial charge in [0, 0.05) is 21.2 Å². The standard InChI is InChI=1S/C15H16ClNO3.C14H19ClO3/c1-5-10-11-7-6-9(16)8-12(11)17(13(10)18)14(19)20-15(2,3)4;1-13(2,3)18-12(16)14(4,5)17-11-8-6-10(15)7-9-11/h5-8H,1-4H3;6-9H,1-5H3/b10-5+;. The van der Waals surface area contributed by atoms with Crippen LogP contribution < -0.4 is 9.64 Å². The van der Waals surface area contributed by atoms with Crippen LogP contribution in [-0.2, 0) is 19.1 Å². The maximum atomic E-state index is 12.3. The van der Waals surface area contributed by atoms with E-state index in [1.807, 2.05) is 20.8 Å². The molecule has 9 heteroatoms. The summed E-state index contributed by atoms with van der Waals surface area (Å²) in [5.41, 5.74) is -0.617. The predicted octanol–water partition coefficient (Wildman–Crippen LogP) is 7.86. The second-order valence-corrected chi connectivity index (χ2v) is 11.9. The number of anilines is 1. The Balaban J connectivity index is 0.000000269. The Morgan fingerprint density at radius 1 is 0.816 bits per heavy atom. The molecule has 0 spiro atoms. The number of ether oxygens (including phenoxy) is 3. The van der Waals surface area contributed by atoms with Gasteiger partial charge in [0.2, 0.25) is 0 Å². The zero-order valence-electron chi connectivity index (χ0n) is 23.3. The average Bonchev–Trinajstić information content (AvgIpc) is 3.03. The van der Waals surface area contributed by atoms with Crippen LogP contribution in [0.5, 0.6) is 5.75 Å². The summed E-state index contributed by atoms with van der Waals surface area (Å²) in [4.78, 5) is 37.6. The van der Waals surface area contributed by atoms with Crippen molar-refractivity contribution in [1.82, 2.24) is 0 Å². The molecule has 1 heterocycles. The Kier molecular flexibility index (Phi) is 9.67. The number of carbonyl (C=O) groups excluding carboxylic acids is 3. The molecule has 0 aromatic heterocycles. The van der Waals surface area contributed by atoms with E-state index in [1.165, 1.54) is 0 Å². The molecule has 2 aromatic rings. The van der Waals surface area contributed by atoms with Crippen molar-refractivity contribution in [2.45, 2.75) is 79.1 Å². The Labute approximate surface area is 234 Å². The summed E-state index contributed by atoms with van der Waals surface area (Å²) in [6.45, 7) is 15.8. The fourth-order valence-electron chi connectivity index (χ4n) is 3.27. The first-order chi connectivity index (χ1) is 17.3. The number of fused-ring (bicyclic) bond motifs is 1. The molecule has 7 nitrogen and oxygen atoms in total. The lowest BCUT2D eigenvalue weighted by Crippen LogP contribution is -2.43. The topological polar surface area (TPSA) is 82.1 Å². The molecule has 1 aliphatic rings. The third kappa shape index (κ3) is 8.50. The van der Waals surface area contributed by atoms with Gasteiger partial charge in [0.1, 0.15) is 17.0 Å². The molecule has 1 aliphatic heterocycles. The number of halogens is 2. The molecule has 0 N–H and O–H groups in total. The summed E-state index contributed by atoms with van der Waals surface area (Å²) in [5, 5.41) is 1.08. The highest BCUT2D eigenvalue weighted by Gasteiger charge is 2.39. The van der Waals surface area contributed by atoms with Crippen molar-refractivity contribution in [3.05, 3.63) is 64.1 Å². The third-order valence-electron chi connectivity index (χ3n) is 4.87. The second-order valence-electron chi connectivity index (χ2n) is 11.1. The number of carbonyl (C=O) groups is 3. The van der Waals surface area contributed by atoms with Crippen molar-refractivity contribution in [2.24, 2.45) is 0 Å². The molecule has 0 fully saturated rings. The minimum atomic E-state index is -1.04. The number of amides is 2. The summed E-state index contributed by atoms with van der Waals surface area (Å²) in [5.74, 6) is -0.209. The van der Waals surface area contributed by atoms with Gasteiger partial charge in [0.05, 0.1) is 5.69 Å². The Morgan fingerprint density at radius 3 is 1.84 bits per heavy atom. The number of imide groups is 1. The molecule has 206 valence electrons. The smallest absolute Gasteiger partial charge is 0.422 e. The molecule has 3 rings (SSSR count). The fraction of sp³-hybridized carbons (Fsp3) is 0.414. The predicted molar refractivity (Wildman–Crippen MR) is 151 cm³/mol. The maximum Gasteiger partial charge on any atom is 0.422 e. The summed E-state index contributed by atoms with van der Waals surface area (Å²) >= 11 is 11.7. The molecule has 38 heavy (non-hydrogen) atoms. The highest BCUT2D eigenvalue weighted by molar-refractivity contribution is 6.40. The van der Waals surface area contributed by atoms with Gasteiger partial charge in [-0.15, -0.1) is 0 Å². The minimum Gasteiger partial charge on any atom is -0.476 e. The van der Waals surface area contributed by atoms with Gasteiger partial charge in [-0.25, -0.2) is 14.5 Å². The first-order valence-electron chi connectivity index (χ1n) is 12.1. The van der Waals surface area contributed by atoms with Crippen LogP contribution in [0.1, 0.15) is 67.9 Å². The van der Waals surface area contributed by atoms with Crippen LogP contribution in [0.3, 0.4) is 0 Å². The largest absolute Gasteiger partial charge is 0.476 e. The van der Waals surface area contributed by atoms with Crippen LogP contribution in [0.4, 0.5) is 10.5 Å². The molecular formula is C29H35Cl2NO6. The third-order valence-corrected chi connectivity index (χ3v) is 5.35. The number of allylic oxidation sites excluding steroid dienone is 1. The highest BCUT2D eigenvalue weighted by Crippen LogP contribution is 2.39. The Morgan fingerprint density at radius 2 is 1.34 bits per heavy atom. The number of benzene rings is 2. The van der Waals surface area contributed by atoms with E-state index in [4.69, 9.17) is 37.4 Å². The lowest BCUT2D eigenvalue weighted by Gasteiger charge is -2.29. The zero-order chi connectivity index (χ0) is 29.1. The van der Waals surface area contributed by atoms with E-state index in [2.05, 4.69) is 0 Å². The van der Waals surface area contributed by atoms with E-state index in [0.717, 1.165) is 4.90 Å². The lowest BCUT2D eigenvalue weighted by atomic mass is 10.1. The molecule has 2 amide bonds. The van der Waals surface area contributed by atoms with E-state index in [0.29, 0.717) is 32.6 Å². The van der Waals surface area contributed by atoms with Gasteiger partial charge < -0.3 is 14.2 Å². The van der Waals surface area contributed by atoms with Gasteiger partial charge in [-0.3, -0.25) is 4.79 Å².